The zero-order valence-electron chi connectivity index (χ0n) is 15.1. The van der Waals surface area contributed by atoms with Gasteiger partial charge in [0.1, 0.15) is 0 Å². The molecule has 0 heterocycles. The molecule has 144 valence electrons. The molecule has 0 amide bonds. The van der Waals surface area contributed by atoms with Crippen LogP contribution in [-0.4, -0.2) is 33.6 Å². The van der Waals surface area contributed by atoms with Gasteiger partial charge < -0.3 is 9.47 Å². The number of anilines is 1. The second-order valence-corrected chi connectivity index (χ2v) is 7.27. The lowest BCUT2D eigenvalue weighted by molar-refractivity contribution is 0.0512. The van der Waals surface area contributed by atoms with Crippen LogP contribution in [0.3, 0.4) is 0 Å². The van der Waals surface area contributed by atoms with Gasteiger partial charge in [0.15, 0.2) is 0 Å². The number of ether oxygens (including phenoxy) is 2. The van der Waals surface area contributed by atoms with E-state index in [4.69, 9.17) is 9.47 Å². The van der Waals surface area contributed by atoms with Gasteiger partial charge in [0.25, 0.3) is 0 Å². The zero-order valence-corrected chi connectivity index (χ0v) is 15.9. The molecule has 2 aromatic rings. The number of hydrogen-bond donors (Lipinski definition) is 1. The minimum Gasteiger partial charge on any atom is -0.462 e. The Morgan fingerprint density at radius 2 is 1.56 bits per heavy atom. The normalized spacial score (nSPS) is 10.9. The maximum Gasteiger partial charge on any atom is 0.340 e. The number of nitrogens with one attached hydrogen (secondary N) is 1. The first-order valence-electron chi connectivity index (χ1n) is 8.39. The van der Waals surface area contributed by atoms with Crippen LogP contribution in [-0.2, 0) is 25.2 Å². The summed E-state index contributed by atoms with van der Waals surface area (Å²) in [7, 11) is -3.82. The lowest BCUT2D eigenvalue weighted by Gasteiger charge is -2.13. The quantitative estimate of drug-likeness (QED) is 0.695. The highest BCUT2D eigenvalue weighted by Crippen LogP contribution is 2.22. The lowest BCUT2D eigenvalue weighted by Crippen LogP contribution is -2.19. The van der Waals surface area contributed by atoms with Gasteiger partial charge in [0.05, 0.1) is 35.8 Å². The summed E-state index contributed by atoms with van der Waals surface area (Å²) < 4.78 is 37.3. The highest BCUT2D eigenvalue weighted by atomic mass is 32.2. The van der Waals surface area contributed by atoms with Gasteiger partial charge in [-0.05, 0) is 37.6 Å². The van der Waals surface area contributed by atoms with Crippen LogP contribution >= 0.6 is 0 Å². The first-order chi connectivity index (χ1) is 12.9. The summed E-state index contributed by atoms with van der Waals surface area (Å²) >= 11 is 0. The van der Waals surface area contributed by atoms with Crippen molar-refractivity contribution in [1.82, 2.24) is 0 Å². The predicted molar refractivity (Wildman–Crippen MR) is 101 cm³/mol. The molecule has 0 saturated heterocycles. The molecule has 0 radical (unpaired) electrons. The summed E-state index contributed by atoms with van der Waals surface area (Å²) in [6.07, 6.45) is 0. The number of esters is 2. The lowest BCUT2D eigenvalue weighted by atomic mass is 10.1. The average Bonchev–Trinajstić information content (AvgIpc) is 2.62. The molecule has 2 rings (SSSR count). The first kappa shape index (κ1) is 20.4. The average molecular weight is 391 g/mol. The minimum atomic E-state index is -3.82. The topological polar surface area (TPSA) is 98.8 Å². The molecule has 0 aromatic heterocycles. The van der Waals surface area contributed by atoms with Crippen molar-refractivity contribution < 1.29 is 27.5 Å². The Hall–Kier alpha value is -2.87. The Morgan fingerprint density at radius 1 is 0.926 bits per heavy atom. The van der Waals surface area contributed by atoms with Crippen LogP contribution in [0.5, 0.6) is 0 Å². The number of rotatable bonds is 8. The number of sulfonamides is 1. The fourth-order valence-electron chi connectivity index (χ4n) is 2.35. The second-order valence-electron chi connectivity index (χ2n) is 5.55. The predicted octanol–water partition coefficient (Wildman–Crippen LogP) is 2.98. The Kier molecular flexibility index (Phi) is 6.95. The highest BCUT2D eigenvalue weighted by Gasteiger charge is 2.20. The van der Waals surface area contributed by atoms with Crippen LogP contribution in [0.2, 0.25) is 0 Å². The summed E-state index contributed by atoms with van der Waals surface area (Å²) in [5, 5.41) is 0. The standard InChI is InChI=1S/C19H21NO6S/c1-3-25-18(21)15-10-11-16(19(22)26-4-2)17(12-15)20-27(23,24)13-14-8-6-5-7-9-14/h5-12,20H,3-4,13H2,1-2H3. The number of hydrogen-bond acceptors (Lipinski definition) is 6. The number of carbonyl (C=O) groups excluding carboxylic acids is 2. The summed E-state index contributed by atoms with van der Waals surface area (Å²) in [6.45, 7) is 3.61. The second kappa shape index (κ2) is 9.18. The molecule has 0 bridgehead atoms. The Labute approximate surface area is 158 Å². The smallest absolute Gasteiger partial charge is 0.340 e. The molecular weight excluding hydrogens is 370 g/mol. The SMILES string of the molecule is CCOC(=O)c1ccc(C(=O)OCC)c(NS(=O)(=O)Cc2ccccc2)c1. The van der Waals surface area contributed by atoms with Crippen LogP contribution in [0, 0.1) is 0 Å². The van der Waals surface area contributed by atoms with E-state index in [1.165, 1.54) is 18.2 Å². The molecule has 0 fully saturated rings. The highest BCUT2D eigenvalue weighted by molar-refractivity contribution is 7.91. The van der Waals surface area contributed by atoms with Gasteiger partial charge in [-0.25, -0.2) is 18.0 Å². The molecule has 8 heteroatoms. The Balaban J connectivity index is 2.36. The van der Waals surface area contributed by atoms with Gasteiger partial charge in [-0.1, -0.05) is 30.3 Å². The van der Waals surface area contributed by atoms with Crippen molar-refractivity contribution in [2.24, 2.45) is 0 Å². The molecule has 2 aromatic carbocycles. The summed E-state index contributed by atoms with van der Waals surface area (Å²) in [4.78, 5) is 24.1. The van der Waals surface area contributed by atoms with E-state index >= 15 is 0 Å². The molecule has 0 saturated carbocycles. The van der Waals surface area contributed by atoms with Gasteiger partial charge in [-0.3, -0.25) is 4.72 Å². The maximum absolute atomic E-state index is 12.5. The van der Waals surface area contributed by atoms with Gasteiger partial charge in [0, 0.05) is 0 Å². The van der Waals surface area contributed by atoms with E-state index in [0.717, 1.165) is 0 Å². The first-order valence-corrected chi connectivity index (χ1v) is 10.0. The van der Waals surface area contributed by atoms with Gasteiger partial charge in [0.2, 0.25) is 10.0 Å². The minimum absolute atomic E-state index is 0.0153. The van der Waals surface area contributed by atoms with Crippen molar-refractivity contribution in [2.75, 3.05) is 17.9 Å². The maximum atomic E-state index is 12.5. The molecule has 0 aliphatic rings. The van der Waals surface area contributed by atoms with Gasteiger partial charge in [-0.15, -0.1) is 0 Å². The van der Waals surface area contributed by atoms with Crippen molar-refractivity contribution >= 4 is 27.6 Å². The van der Waals surface area contributed by atoms with Gasteiger partial charge in [-0.2, -0.15) is 0 Å². The van der Waals surface area contributed by atoms with Crippen LogP contribution in [0.15, 0.2) is 48.5 Å². The molecule has 0 atom stereocenters. The van der Waals surface area contributed by atoms with E-state index < -0.39 is 22.0 Å². The number of benzene rings is 2. The largest absolute Gasteiger partial charge is 0.462 e. The van der Waals surface area contributed by atoms with E-state index in [-0.39, 0.29) is 35.8 Å². The van der Waals surface area contributed by atoms with Crippen molar-refractivity contribution in [2.45, 2.75) is 19.6 Å². The third kappa shape index (κ3) is 5.82. The summed E-state index contributed by atoms with van der Waals surface area (Å²) in [5.41, 5.74) is 0.697. The molecular formula is C19H21NO6S. The van der Waals surface area contributed by atoms with Crippen molar-refractivity contribution in [1.29, 1.82) is 0 Å². The molecule has 0 spiro atoms. The molecule has 0 aliphatic carbocycles. The summed E-state index contributed by atoms with van der Waals surface area (Å²) in [5.74, 6) is -1.58. The van der Waals surface area contributed by atoms with Crippen LogP contribution < -0.4 is 4.72 Å². The van der Waals surface area contributed by atoms with E-state index in [0.29, 0.717) is 5.56 Å². The van der Waals surface area contributed by atoms with Crippen LogP contribution in [0.4, 0.5) is 5.69 Å². The third-order valence-electron chi connectivity index (χ3n) is 3.49. The van der Waals surface area contributed by atoms with Gasteiger partial charge >= 0.3 is 11.9 Å². The van der Waals surface area contributed by atoms with Crippen molar-refractivity contribution in [3.05, 3.63) is 65.2 Å². The fraction of sp³-hybridized carbons (Fsp3) is 0.263. The van der Waals surface area contributed by atoms with Crippen LogP contribution in [0.25, 0.3) is 0 Å². The molecule has 0 unspecified atom stereocenters. The molecule has 7 nitrogen and oxygen atoms in total. The molecule has 27 heavy (non-hydrogen) atoms. The van der Waals surface area contributed by atoms with E-state index in [1.807, 2.05) is 0 Å². The fourth-order valence-corrected chi connectivity index (χ4v) is 3.56. The third-order valence-corrected chi connectivity index (χ3v) is 4.74. The molecule has 1 N–H and O–H groups in total. The number of carbonyl (C=O) groups is 2. The van der Waals surface area contributed by atoms with E-state index in [2.05, 4.69) is 4.72 Å². The van der Waals surface area contributed by atoms with Crippen molar-refractivity contribution in [3.63, 3.8) is 0 Å². The molecule has 0 aliphatic heterocycles. The summed E-state index contributed by atoms with van der Waals surface area (Å²) in [6, 6.07) is 12.6. The Morgan fingerprint density at radius 3 is 2.19 bits per heavy atom. The zero-order chi connectivity index (χ0) is 19.9. The monoisotopic (exact) mass is 391 g/mol. The van der Waals surface area contributed by atoms with E-state index in [9.17, 15) is 18.0 Å². The van der Waals surface area contributed by atoms with Crippen molar-refractivity contribution in [3.8, 4) is 0 Å². The Bertz CT molecular complexity index is 909. The van der Waals surface area contributed by atoms with Crippen LogP contribution in [0.1, 0.15) is 40.1 Å². The van der Waals surface area contributed by atoms with E-state index in [1.54, 1.807) is 44.2 Å².